The number of thioether (sulfide) groups is 1. The van der Waals surface area contributed by atoms with E-state index in [2.05, 4.69) is 61.7 Å². The molecule has 1 heteroatoms. The summed E-state index contributed by atoms with van der Waals surface area (Å²) in [5.41, 5.74) is 2.55. The highest BCUT2D eigenvalue weighted by Crippen LogP contribution is 2.17. The molecule has 0 aromatic heterocycles. The van der Waals surface area contributed by atoms with Crippen LogP contribution in [0.4, 0.5) is 0 Å². The molecular weight excluding hydrogens is 224 g/mol. The average molecular weight is 240 g/mol. The van der Waals surface area contributed by atoms with E-state index in [1.807, 2.05) is 12.1 Å². The maximum absolute atomic E-state index is 3.44. The molecule has 0 N–H and O–H groups in total. The predicted octanol–water partition coefficient (Wildman–Crippen LogP) is 5.36. The van der Waals surface area contributed by atoms with Crippen LogP contribution in [0.25, 0.3) is 11.1 Å². The molecule has 0 heterocycles. The fraction of sp³-hybridized carbons (Fsp3) is 0. The van der Waals surface area contributed by atoms with Crippen molar-refractivity contribution in [3.8, 4) is 11.1 Å². The minimum atomic E-state index is 1.28. The van der Waals surface area contributed by atoms with E-state index in [0.29, 0.717) is 0 Å². The number of benzene rings is 2. The maximum Gasteiger partial charge on any atom is -0.0184 e. The SMILES string of the molecule is C=CSC=C.c1ccc(-c2ccccc2)cc1. The summed E-state index contributed by atoms with van der Waals surface area (Å²) >= 11 is 1.49. The van der Waals surface area contributed by atoms with Gasteiger partial charge in [0.15, 0.2) is 0 Å². The van der Waals surface area contributed by atoms with Gasteiger partial charge in [-0.15, -0.1) is 11.8 Å². The molecule has 0 aliphatic heterocycles. The van der Waals surface area contributed by atoms with E-state index in [0.717, 1.165) is 0 Å². The van der Waals surface area contributed by atoms with Crippen LogP contribution in [-0.2, 0) is 0 Å². The van der Waals surface area contributed by atoms with E-state index in [1.165, 1.54) is 22.9 Å². The van der Waals surface area contributed by atoms with Crippen molar-refractivity contribution in [1.29, 1.82) is 0 Å². The van der Waals surface area contributed by atoms with Crippen molar-refractivity contribution >= 4 is 11.8 Å². The van der Waals surface area contributed by atoms with Gasteiger partial charge in [-0.2, -0.15) is 0 Å². The van der Waals surface area contributed by atoms with Crippen molar-refractivity contribution in [2.24, 2.45) is 0 Å². The van der Waals surface area contributed by atoms with Crippen molar-refractivity contribution in [2.45, 2.75) is 0 Å². The van der Waals surface area contributed by atoms with E-state index in [-0.39, 0.29) is 0 Å². The van der Waals surface area contributed by atoms with Crippen LogP contribution in [0.3, 0.4) is 0 Å². The van der Waals surface area contributed by atoms with Crippen LogP contribution >= 0.6 is 11.8 Å². The molecule has 0 atom stereocenters. The second-order valence-electron chi connectivity index (χ2n) is 3.20. The number of hydrogen-bond acceptors (Lipinski definition) is 1. The standard InChI is InChI=1S/C12H10.C4H6S/c1-3-7-11(8-4-1)12-9-5-2-6-10-12;1-3-5-4-2/h1-10H;3-4H,1-2H2. The lowest BCUT2D eigenvalue weighted by molar-refractivity contribution is 1.62. The van der Waals surface area contributed by atoms with Gasteiger partial charge < -0.3 is 0 Å². The van der Waals surface area contributed by atoms with Crippen LogP contribution in [0, 0.1) is 0 Å². The monoisotopic (exact) mass is 240 g/mol. The molecule has 0 saturated heterocycles. The minimum absolute atomic E-state index is 1.28. The van der Waals surface area contributed by atoms with Gasteiger partial charge in [0.05, 0.1) is 0 Å². The summed E-state index contributed by atoms with van der Waals surface area (Å²) in [6.45, 7) is 6.88. The minimum Gasteiger partial charge on any atom is -0.107 e. The Labute approximate surface area is 108 Å². The summed E-state index contributed by atoms with van der Waals surface area (Å²) < 4.78 is 0. The third-order valence-corrected chi connectivity index (χ3v) is 2.46. The molecule has 0 bridgehead atoms. The van der Waals surface area contributed by atoms with Crippen molar-refractivity contribution in [3.05, 3.63) is 84.6 Å². The van der Waals surface area contributed by atoms with Gasteiger partial charge in [0.1, 0.15) is 0 Å². The maximum atomic E-state index is 3.44. The Hall–Kier alpha value is -1.73. The molecule has 2 rings (SSSR count). The highest BCUT2D eigenvalue weighted by molar-refractivity contribution is 8.04. The van der Waals surface area contributed by atoms with Crippen LogP contribution in [0.5, 0.6) is 0 Å². The van der Waals surface area contributed by atoms with Crippen LogP contribution in [-0.4, -0.2) is 0 Å². The zero-order chi connectivity index (χ0) is 12.3. The summed E-state index contributed by atoms with van der Waals surface area (Å²) in [5.74, 6) is 0. The molecule has 0 nitrogen and oxygen atoms in total. The first kappa shape index (κ1) is 13.3. The lowest BCUT2D eigenvalue weighted by Crippen LogP contribution is -1.73. The molecule has 2 aromatic carbocycles. The van der Waals surface area contributed by atoms with E-state index in [4.69, 9.17) is 0 Å². The predicted molar refractivity (Wildman–Crippen MR) is 79.9 cm³/mol. The molecule has 0 saturated carbocycles. The Morgan fingerprint density at radius 1 is 0.647 bits per heavy atom. The van der Waals surface area contributed by atoms with Gasteiger partial charge in [-0.25, -0.2) is 0 Å². The first-order valence-electron chi connectivity index (χ1n) is 5.36. The van der Waals surface area contributed by atoms with Crippen molar-refractivity contribution < 1.29 is 0 Å². The van der Waals surface area contributed by atoms with Crippen LogP contribution < -0.4 is 0 Å². The van der Waals surface area contributed by atoms with E-state index >= 15 is 0 Å². The Balaban J connectivity index is 0.000000249. The Morgan fingerprint density at radius 2 is 1.00 bits per heavy atom. The third kappa shape index (κ3) is 5.23. The van der Waals surface area contributed by atoms with E-state index < -0.39 is 0 Å². The Bertz CT molecular complexity index is 388. The highest BCUT2D eigenvalue weighted by Gasteiger charge is 1.91. The zero-order valence-electron chi connectivity index (χ0n) is 9.75. The second-order valence-corrected chi connectivity index (χ2v) is 4.14. The highest BCUT2D eigenvalue weighted by atomic mass is 32.2. The lowest BCUT2D eigenvalue weighted by atomic mass is 10.1. The quantitative estimate of drug-likeness (QED) is 0.696. The van der Waals surface area contributed by atoms with Crippen LogP contribution in [0.15, 0.2) is 84.6 Å². The summed E-state index contributed by atoms with van der Waals surface area (Å²) in [7, 11) is 0. The van der Waals surface area contributed by atoms with E-state index in [9.17, 15) is 0 Å². The smallest absolute Gasteiger partial charge is 0.0184 e. The van der Waals surface area contributed by atoms with Gasteiger partial charge in [-0.3, -0.25) is 0 Å². The van der Waals surface area contributed by atoms with Crippen molar-refractivity contribution in [3.63, 3.8) is 0 Å². The number of rotatable bonds is 3. The summed E-state index contributed by atoms with van der Waals surface area (Å²) in [6, 6.07) is 20.8. The van der Waals surface area contributed by atoms with Gasteiger partial charge in [0, 0.05) is 0 Å². The zero-order valence-corrected chi connectivity index (χ0v) is 10.6. The molecule has 0 unspecified atom stereocenters. The van der Waals surface area contributed by atoms with Gasteiger partial charge in [0.25, 0.3) is 0 Å². The molecule has 0 amide bonds. The normalized spacial score (nSPS) is 8.71. The molecule has 0 fully saturated rings. The molecule has 0 radical (unpaired) electrons. The van der Waals surface area contributed by atoms with Gasteiger partial charge >= 0.3 is 0 Å². The molecule has 0 spiro atoms. The Kier molecular flexibility index (Phi) is 6.61. The molecule has 2 aromatic rings. The van der Waals surface area contributed by atoms with Crippen molar-refractivity contribution in [1.82, 2.24) is 0 Å². The summed E-state index contributed by atoms with van der Waals surface area (Å²) in [6.07, 6.45) is 0. The Morgan fingerprint density at radius 3 is 1.24 bits per heavy atom. The van der Waals surface area contributed by atoms with Crippen LogP contribution in [0.1, 0.15) is 0 Å². The fourth-order valence-electron chi connectivity index (χ4n) is 1.33. The summed E-state index contributed by atoms with van der Waals surface area (Å²) in [5, 5.41) is 3.46. The first-order chi connectivity index (χ1) is 8.38. The molecule has 0 aliphatic carbocycles. The lowest BCUT2D eigenvalue weighted by Gasteiger charge is -1.98. The molecule has 17 heavy (non-hydrogen) atoms. The fourth-order valence-corrected chi connectivity index (χ4v) is 1.47. The van der Waals surface area contributed by atoms with Gasteiger partial charge in [0.2, 0.25) is 0 Å². The first-order valence-corrected chi connectivity index (χ1v) is 6.30. The molecule has 0 aliphatic rings. The average Bonchev–Trinajstić information content (AvgIpc) is 2.42. The van der Waals surface area contributed by atoms with Crippen LogP contribution in [0.2, 0.25) is 0 Å². The van der Waals surface area contributed by atoms with Crippen molar-refractivity contribution in [2.75, 3.05) is 0 Å². The number of hydrogen-bond donors (Lipinski definition) is 0. The topological polar surface area (TPSA) is 0 Å². The largest absolute Gasteiger partial charge is 0.107 e. The molecular formula is C16H16S. The third-order valence-electron chi connectivity index (χ3n) is 2.07. The van der Waals surface area contributed by atoms with Gasteiger partial charge in [-0.05, 0) is 21.9 Å². The second kappa shape index (κ2) is 8.43. The van der Waals surface area contributed by atoms with Gasteiger partial charge in [-0.1, -0.05) is 73.8 Å². The van der Waals surface area contributed by atoms with E-state index in [1.54, 1.807) is 10.8 Å². The molecule has 86 valence electrons. The summed E-state index contributed by atoms with van der Waals surface area (Å²) in [4.78, 5) is 0.